The average molecular weight is 226 g/mol. The normalized spacial score (nSPS) is 36.2. The van der Waals surface area contributed by atoms with E-state index in [9.17, 15) is 4.79 Å². The summed E-state index contributed by atoms with van der Waals surface area (Å²) < 4.78 is 5.48. The molecule has 16 heavy (non-hydrogen) atoms. The number of piperidine rings is 1. The van der Waals surface area contributed by atoms with E-state index in [1.54, 1.807) is 0 Å². The van der Waals surface area contributed by atoms with Gasteiger partial charge in [-0.15, -0.1) is 0 Å². The predicted octanol–water partition coefficient (Wildman–Crippen LogP) is 1.75. The molecule has 0 radical (unpaired) electrons. The second-order valence-corrected chi connectivity index (χ2v) is 5.40. The van der Waals surface area contributed by atoms with Crippen molar-refractivity contribution in [2.75, 3.05) is 13.1 Å². The molecule has 2 heterocycles. The first kappa shape index (κ1) is 11.7. The van der Waals surface area contributed by atoms with E-state index in [4.69, 9.17) is 4.74 Å². The minimum absolute atomic E-state index is 0.267. The first-order chi connectivity index (χ1) is 7.53. The van der Waals surface area contributed by atoms with Crippen LogP contribution in [-0.2, 0) is 4.74 Å². The molecule has 4 nitrogen and oxygen atoms in total. The van der Waals surface area contributed by atoms with Gasteiger partial charge in [-0.05, 0) is 40.2 Å². The molecule has 2 unspecified atom stereocenters. The fourth-order valence-electron chi connectivity index (χ4n) is 2.95. The van der Waals surface area contributed by atoms with Crippen LogP contribution in [0.15, 0.2) is 0 Å². The van der Waals surface area contributed by atoms with E-state index in [0.29, 0.717) is 18.6 Å². The topological polar surface area (TPSA) is 41.6 Å². The first-order valence-electron chi connectivity index (χ1n) is 6.25. The van der Waals surface area contributed by atoms with Crippen molar-refractivity contribution in [2.24, 2.45) is 0 Å². The maximum atomic E-state index is 11.2. The third kappa shape index (κ3) is 2.03. The van der Waals surface area contributed by atoms with Gasteiger partial charge in [0.15, 0.2) is 0 Å². The van der Waals surface area contributed by atoms with Gasteiger partial charge in [-0.3, -0.25) is 4.90 Å². The van der Waals surface area contributed by atoms with E-state index >= 15 is 0 Å². The van der Waals surface area contributed by atoms with Crippen molar-refractivity contribution >= 4 is 6.09 Å². The number of amides is 1. The van der Waals surface area contributed by atoms with Crippen molar-refractivity contribution in [1.29, 1.82) is 0 Å². The summed E-state index contributed by atoms with van der Waals surface area (Å²) in [5.41, 5.74) is -0.345. The number of carbonyl (C=O) groups is 1. The van der Waals surface area contributed by atoms with E-state index in [1.807, 2.05) is 0 Å². The third-order valence-electron chi connectivity index (χ3n) is 3.82. The lowest BCUT2D eigenvalue weighted by atomic mass is 9.87. The number of hydrogen-bond acceptors (Lipinski definition) is 3. The highest BCUT2D eigenvalue weighted by Gasteiger charge is 2.46. The molecule has 2 aliphatic heterocycles. The highest BCUT2D eigenvalue weighted by Crippen LogP contribution is 2.32. The van der Waals surface area contributed by atoms with Gasteiger partial charge in [0.05, 0.1) is 12.6 Å². The van der Waals surface area contributed by atoms with E-state index in [-0.39, 0.29) is 11.7 Å². The molecule has 0 saturated carbocycles. The van der Waals surface area contributed by atoms with Crippen molar-refractivity contribution < 1.29 is 9.53 Å². The Hall–Kier alpha value is -0.770. The quantitative estimate of drug-likeness (QED) is 0.780. The molecule has 2 saturated heterocycles. The SMILES string of the molecule is CC(C)N1CCCCC1C1(C)CNC(=O)O1. The van der Waals surface area contributed by atoms with Crippen LogP contribution in [0.1, 0.15) is 40.0 Å². The monoisotopic (exact) mass is 226 g/mol. The average Bonchev–Trinajstić information content (AvgIpc) is 2.60. The molecule has 1 amide bonds. The first-order valence-corrected chi connectivity index (χ1v) is 6.25. The zero-order chi connectivity index (χ0) is 11.8. The number of likely N-dealkylation sites (tertiary alicyclic amines) is 1. The zero-order valence-corrected chi connectivity index (χ0v) is 10.5. The van der Waals surface area contributed by atoms with Crippen LogP contribution >= 0.6 is 0 Å². The van der Waals surface area contributed by atoms with Gasteiger partial charge in [0.1, 0.15) is 5.60 Å². The van der Waals surface area contributed by atoms with Gasteiger partial charge in [-0.25, -0.2) is 4.79 Å². The molecule has 0 aliphatic carbocycles. The maximum absolute atomic E-state index is 11.2. The summed E-state index contributed by atoms with van der Waals surface area (Å²) in [5.74, 6) is 0. The lowest BCUT2D eigenvalue weighted by Crippen LogP contribution is -2.57. The van der Waals surface area contributed by atoms with Crippen molar-refractivity contribution in [3.05, 3.63) is 0 Å². The number of carbonyl (C=O) groups excluding carboxylic acids is 1. The highest BCUT2D eigenvalue weighted by molar-refractivity contribution is 5.70. The summed E-state index contributed by atoms with van der Waals surface area (Å²) in [6.45, 7) is 8.24. The Morgan fingerprint density at radius 1 is 1.50 bits per heavy atom. The van der Waals surface area contributed by atoms with Gasteiger partial charge in [-0.1, -0.05) is 6.42 Å². The summed E-state index contributed by atoms with van der Waals surface area (Å²) in [5, 5.41) is 2.78. The van der Waals surface area contributed by atoms with Crippen LogP contribution < -0.4 is 5.32 Å². The Balaban J connectivity index is 2.13. The highest BCUT2D eigenvalue weighted by atomic mass is 16.6. The summed E-state index contributed by atoms with van der Waals surface area (Å²) in [6.07, 6.45) is 3.35. The van der Waals surface area contributed by atoms with Crippen LogP contribution in [-0.4, -0.2) is 41.8 Å². The zero-order valence-electron chi connectivity index (χ0n) is 10.5. The van der Waals surface area contributed by atoms with Crippen molar-refractivity contribution in [3.8, 4) is 0 Å². The molecular weight excluding hydrogens is 204 g/mol. The minimum atomic E-state index is -0.345. The van der Waals surface area contributed by atoms with Gasteiger partial charge in [0.2, 0.25) is 0 Å². The Labute approximate surface area is 97.3 Å². The molecule has 1 N–H and O–H groups in total. The lowest BCUT2D eigenvalue weighted by Gasteiger charge is -2.45. The molecule has 0 aromatic heterocycles. The lowest BCUT2D eigenvalue weighted by molar-refractivity contribution is -0.0406. The van der Waals surface area contributed by atoms with Gasteiger partial charge in [0, 0.05) is 6.04 Å². The van der Waals surface area contributed by atoms with Gasteiger partial charge >= 0.3 is 6.09 Å². The summed E-state index contributed by atoms with van der Waals surface area (Å²) in [4.78, 5) is 13.7. The van der Waals surface area contributed by atoms with Crippen LogP contribution in [0.2, 0.25) is 0 Å². The fraction of sp³-hybridized carbons (Fsp3) is 0.917. The number of nitrogens with zero attached hydrogens (tertiary/aromatic N) is 1. The molecule has 92 valence electrons. The molecule has 0 bridgehead atoms. The van der Waals surface area contributed by atoms with E-state index in [0.717, 1.165) is 13.0 Å². The van der Waals surface area contributed by atoms with Gasteiger partial charge in [-0.2, -0.15) is 0 Å². The Morgan fingerprint density at radius 2 is 2.25 bits per heavy atom. The molecule has 0 aromatic carbocycles. The van der Waals surface area contributed by atoms with Crippen LogP contribution in [0.25, 0.3) is 0 Å². The fourth-order valence-corrected chi connectivity index (χ4v) is 2.95. The summed E-state index contributed by atoms with van der Waals surface area (Å²) >= 11 is 0. The van der Waals surface area contributed by atoms with Crippen LogP contribution in [0.3, 0.4) is 0 Å². The molecule has 0 spiro atoms. The van der Waals surface area contributed by atoms with Crippen molar-refractivity contribution in [3.63, 3.8) is 0 Å². The van der Waals surface area contributed by atoms with Gasteiger partial charge in [0.25, 0.3) is 0 Å². The molecule has 2 aliphatic rings. The standard InChI is InChI=1S/C12H22N2O2/c1-9(2)14-7-5-4-6-10(14)12(3)8-13-11(15)16-12/h9-10H,4-8H2,1-3H3,(H,13,15). The van der Waals surface area contributed by atoms with Gasteiger partial charge < -0.3 is 10.1 Å². The molecule has 2 fully saturated rings. The van der Waals surface area contributed by atoms with Crippen LogP contribution in [0.5, 0.6) is 0 Å². The second-order valence-electron chi connectivity index (χ2n) is 5.40. The summed E-state index contributed by atoms with van der Waals surface area (Å²) in [7, 11) is 0. The van der Waals surface area contributed by atoms with Crippen LogP contribution in [0.4, 0.5) is 4.79 Å². The maximum Gasteiger partial charge on any atom is 0.407 e. The third-order valence-corrected chi connectivity index (χ3v) is 3.82. The second kappa shape index (κ2) is 4.24. The molecule has 0 aromatic rings. The molecule has 4 heteroatoms. The number of cyclic esters (lactones) is 1. The predicted molar refractivity (Wildman–Crippen MR) is 62.4 cm³/mol. The molecule has 2 atom stereocenters. The summed E-state index contributed by atoms with van der Waals surface area (Å²) in [6, 6.07) is 0.877. The number of alkyl carbamates (subject to hydrolysis) is 1. The number of rotatable bonds is 2. The molecule has 2 rings (SSSR count). The molecular formula is C12H22N2O2. The van der Waals surface area contributed by atoms with E-state index < -0.39 is 0 Å². The van der Waals surface area contributed by atoms with Crippen molar-refractivity contribution in [2.45, 2.75) is 57.7 Å². The van der Waals surface area contributed by atoms with E-state index in [1.165, 1.54) is 12.8 Å². The number of ether oxygens (including phenoxy) is 1. The minimum Gasteiger partial charge on any atom is -0.440 e. The number of nitrogens with one attached hydrogen (secondary N) is 1. The van der Waals surface area contributed by atoms with E-state index in [2.05, 4.69) is 31.0 Å². The van der Waals surface area contributed by atoms with Crippen molar-refractivity contribution in [1.82, 2.24) is 10.2 Å². The Morgan fingerprint density at radius 3 is 2.81 bits per heavy atom. The largest absolute Gasteiger partial charge is 0.440 e. The Bertz CT molecular complexity index is 280. The smallest absolute Gasteiger partial charge is 0.407 e. The number of hydrogen-bond donors (Lipinski definition) is 1. The van der Waals surface area contributed by atoms with Crippen LogP contribution in [0, 0.1) is 0 Å². The Kier molecular flexibility index (Phi) is 3.10.